The van der Waals surface area contributed by atoms with Gasteiger partial charge >= 0.3 is 0 Å². The number of aryl methyl sites for hydroxylation is 2. The molecule has 1 heterocycles. The molecule has 0 unspecified atom stereocenters. The summed E-state index contributed by atoms with van der Waals surface area (Å²) in [6, 6.07) is 6.53. The Labute approximate surface area is 103 Å². The second-order valence-corrected chi connectivity index (χ2v) is 5.35. The minimum absolute atomic E-state index is 0.0631. The van der Waals surface area contributed by atoms with Crippen molar-refractivity contribution >= 4 is 5.69 Å². The molecule has 2 rings (SSSR count). The van der Waals surface area contributed by atoms with E-state index in [2.05, 4.69) is 44.0 Å². The lowest BCUT2D eigenvalue weighted by molar-refractivity contribution is -0.130. The first-order valence-corrected chi connectivity index (χ1v) is 6.03. The van der Waals surface area contributed by atoms with Crippen LogP contribution >= 0.6 is 0 Å². The molecule has 0 aliphatic carbocycles. The lowest BCUT2D eigenvalue weighted by Gasteiger charge is -2.43. The summed E-state index contributed by atoms with van der Waals surface area (Å²) < 4.78 is 5.23. The SMILES string of the molecule is Cc1cc(C)cc(N(C)CC2(CO)COC2)c1. The zero-order chi connectivity index (χ0) is 12.5. The molecule has 1 aliphatic heterocycles. The number of aliphatic hydroxyl groups excluding tert-OH is 1. The molecule has 3 nitrogen and oxygen atoms in total. The number of nitrogens with zero attached hydrogens (tertiary/aromatic N) is 1. The van der Waals surface area contributed by atoms with Gasteiger partial charge in [0.15, 0.2) is 0 Å². The van der Waals surface area contributed by atoms with Gasteiger partial charge in [-0.1, -0.05) is 6.07 Å². The van der Waals surface area contributed by atoms with Gasteiger partial charge in [-0.05, 0) is 37.1 Å². The summed E-state index contributed by atoms with van der Waals surface area (Å²) in [7, 11) is 2.07. The number of anilines is 1. The number of benzene rings is 1. The third-order valence-corrected chi connectivity index (χ3v) is 3.37. The lowest BCUT2D eigenvalue weighted by atomic mass is 9.86. The molecule has 0 bridgehead atoms. The molecule has 1 aromatic carbocycles. The van der Waals surface area contributed by atoms with Crippen molar-refractivity contribution in [1.29, 1.82) is 0 Å². The lowest BCUT2D eigenvalue weighted by Crippen LogP contribution is -2.52. The van der Waals surface area contributed by atoms with Gasteiger partial charge in [-0.3, -0.25) is 0 Å². The van der Waals surface area contributed by atoms with Crippen LogP contribution in [-0.4, -0.2) is 38.5 Å². The van der Waals surface area contributed by atoms with Crippen molar-refractivity contribution in [2.45, 2.75) is 13.8 Å². The maximum atomic E-state index is 9.43. The van der Waals surface area contributed by atoms with Gasteiger partial charge in [-0.15, -0.1) is 0 Å². The fraction of sp³-hybridized carbons (Fsp3) is 0.571. The molecule has 0 saturated carbocycles. The predicted octanol–water partition coefficient (Wildman–Crippen LogP) is 1.75. The minimum Gasteiger partial charge on any atom is -0.396 e. The van der Waals surface area contributed by atoms with E-state index < -0.39 is 0 Å². The molecule has 0 atom stereocenters. The Morgan fingerprint density at radius 3 is 2.24 bits per heavy atom. The number of hydrogen-bond donors (Lipinski definition) is 1. The number of ether oxygens (including phenoxy) is 1. The summed E-state index contributed by atoms with van der Waals surface area (Å²) in [6.45, 7) is 6.59. The molecule has 0 radical (unpaired) electrons. The molecule has 1 saturated heterocycles. The van der Waals surface area contributed by atoms with Gasteiger partial charge in [0.25, 0.3) is 0 Å². The van der Waals surface area contributed by atoms with E-state index in [1.807, 2.05) is 0 Å². The largest absolute Gasteiger partial charge is 0.396 e. The average Bonchev–Trinajstić information content (AvgIpc) is 2.21. The molecule has 0 amide bonds. The average molecular weight is 235 g/mol. The van der Waals surface area contributed by atoms with Gasteiger partial charge in [0.1, 0.15) is 0 Å². The van der Waals surface area contributed by atoms with Crippen LogP contribution in [0.25, 0.3) is 0 Å². The van der Waals surface area contributed by atoms with Crippen LogP contribution in [0.15, 0.2) is 18.2 Å². The van der Waals surface area contributed by atoms with Crippen LogP contribution < -0.4 is 4.90 Å². The first-order chi connectivity index (χ1) is 8.04. The summed E-state index contributed by atoms with van der Waals surface area (Å²) in [4.78, 5) is 2.21. The van der Waals surface area contributed by atoms with Crippen LogP contribution in [0.2, 0.25) is 0 Å². The van der Waals surface area contributed by atoms with E-state index >= 15 is 0 Å². The quantitative estimate of drug-likeness (QED) is 0.863. The van der Waals surface area contributed by atoms with Crippen LogP contribution in [0.1, 0.15) is 11.1 Å². The summed E-state index contributed by atoms with van der Waals surface area (Å²) in [5, 5.41) is 9.43. The van der Waals surface area contributed by atoms with Crippen LogP contribution in [0.4, 0.5) is 5.69 Å². The zero-order valence-electron chi connectivity index (χ0n) is 10.9. The van der Waals surface area contributed by atoms with Crippen LogP contribution in [-0.2, 0) is 4.74 Å². The molecule has 0 spiro atoms. The Bertz CT molecular complexity index is 373. The number of rotatable bonds is 4. The first-order valence-electron chi connectivity index (χ1n) is 6.03. The molecule has 1 fully saturated rings. The van der Waals surface area contributed by atoms with Gasteiger partial charge in [-0.2, -0.15) is 0 Å². The Balaban J connectivity index is 2.11. The van der Waals surface area contributed by atoms with Gasteiger partial charge in [0.05, 0.1) is 25.2 Å². The van der Waals surface area contributed by atoms with Crippen LogP contribution in [0.3, 0.4) is 0 Å². The fourth-order valence-corrected chi connectivity index (χ4v) is 2.39. The van der Waals surface area contributed by atoms with Gasteiger partial charge in [0.2, 0.25) is 0 Å². The smallest absolute Gasteiger partial charge is 0.0584 e. The van der Waals surface area contributed by atoms with Crippen molar-refractivity contribution < 1.29 is 9.84 Å². The molecule has 17 heavy (non-hydrogen) atoms. The van der Waals surface area contributed by atoms with Crippen LogP contribution in [0, 0.1) is 19.3 Å². The van der Waals surface area contributed by atoms with Crippen molar-refractivity contribution in [3.05, 3.63) is 29.3 Å². The van der Waals surface area contributed by atoms with Crippen molar-refractivity contribution in [2.75, 3.05) is 38.3 Å². The molecular weight excluding hydrogens is 214 g/mol. The first kappa shape index (κ1) is 12.4. The molecule has 1 aromatic rings. The topological polar surface area (TPSA) is 32.7 Å². The van der Waals surface area contributed by atoms with E-state index in [0.29, 0.717) is 13.2 Å². The monoisotopic (exact) mass is 235 g/mol. The predicted molar refractivity (Wildman–Crippen MR) is 69.5 cm³/mol. The highest BCUT2D eigenvalue weighted by Crippen LogP contribution is 2.29. The minimum atomic E-state index is -0.0631. The molecule has 3 heteroatoms. The highest BCUT2D eigenvalue weighted by atomic mass is 16.5. The fourth-order valence-electron chi connectivity index (χ4n) is 2.39. The maximum absolute atomic E-state index is 9.43. The summed E-state index contributed by atoms with van der Waals surface area (Å²) in [5.74, 6) is 0. The normalized spacial score (nSPS) is 17.6. The third-order valence-electron chi connectivity index (χ3n) is 3.37. The Hall–Kier alpha value is -1.06. The molecule has 1 aliphatic rings. The number of hydrogen-bond acceptors (Lipinski definition) is 3. The molecule has 94 valence electrons. The van der Waals surface area contributed by atoms with Crippen molar-refractivity contribution in [1.82, 2.24) is 0 Å². The van der Waals surface area contributed by atoms with E-state index in [1.165, 1.54) is 16.8 Å². The molecular formula is C14H21NO2. The third kappa shape index (κ3) is 2.61. The highest BCUT2D eigenvalue weighted by Gasteiger charge is 2.39. The van der Waals surface area contributed by atoms with E-state index in [1.54, 1.807) is 0 Å². The highest BCUT2D eigenvalue weighted by molar-refractivity contribution is 5.50. The van der Waals surface area contributed by atoms with E-state index in [0.717, 1.165) is 6.54 Å². The Kier molecular flexibility index (Phi) is 3.40. The zero-order valence-corrected chi connectivity index (χ0v) is 10.9. The summed E-state index contributed by atoms with van der Waals surface area (Å²) in [5.41, 5.74) is 3.69. The van der Waals surface area contributed by atoms with E-state index in [-0.39, 0.29) is 12.0 Å². The van der Waals surface area contributed by atoms with Crippen LogP contribution in [0.5, 0.6) is 0 Å². The maximum Gasteiger partial charge on any atom is 0.0584 e. The summed E-state index contributed by atoms with van der Waals surface area (Å²) >= 11 is 0. The molecule has 1 N–H and O–H groups in total. The van der Waals surface area contributed by atoms with Gasteiger partial charge < -0.3 is 14.7 Å². The standard InChI is InChI=1S/C14H21NO2/c1-11-4-12(2)6-13(5-11)15(3)7-14(8-16)9-17-10-14/h4-6,16H,7-10H2,1-3H3. The number of aliphatic hydroxyl groups is 1. The van der Waals surface area contributed by atoms with Gasteiger partial charge in [0, 0.05) is 19.3 Å². The second-order valence-electron chi connectivity index (χ2n) is 5.35. The van der Waals surface area contributed by atoms with Crippen molar-refractivity contribution in [3.8, 4) is 0 Å². The second kappa shape index (κ2) is 4.67. The molecule has 0 aromatic heterocycles. The van der Waals surface area contributed by atoms with Crippen molar-refractivity contribution in [3.63, 3.8) is 0 Å². The Morgan fingerprint density at radius 2 is 1.82 bits per heavy atom. The van der Waals surface area contributed by atoms with Gasteiger partial charge in [-0.25, -0.2) is 0 Å². The Morgan fingerprint density at radius 1 is 1.24 bits per heavy atom. The van der Waals surface area contributed by atoms with E-state index in [9.17, 15) is 5.11 Å². The summed E-state index contributed by atoms with van der Waals surface area (Å²) in [6.07, 6.45) is 0. The van der Waals surface area contributed by atoms with Crippen molar-refractivity contribution in [2.24, 2.45) is 5.41 Å². The van der Waals surface area contributed by atoms with E-state index in [4.69, 9.17) is 4.74 Å².